The van der Waals surface area contributed by atoms with E-state index in [1.807, 2.05) is 13.8 Å². The summed E-state index contributed by atoms with van der Waals surface area (Å²) >= 11 is 0. The highest BCUT2D eigenvalue weighted by molar-refractivity contribution is 5.90. The number of hydrogen-bond acceptors (Lipinski definition) is 5. The molecule has 0 fully saturated rings. The van der Waals surface area contributed by atoms with Crippen molar-refractivity contribution < 1.29 is 0 Å². The molecule has 8 nitrogen and oxygen atoms in total. The number of nitrogens with zero attached hydrogens (tertiary/aromatic N) is 5. The monoisotopic (exact) mass is 262 g/mol. The molecule has 0 aromatic carbocycles. The summed E-state index contributed by atoms with van der Waals surface area (Å²) in [6.45, 7) is 3.81. The second-order valence-electron chi connectivity index (χ2n) is 4.72. The van der Waals surface area contributed by atoms with Crippen molar-refractivity contribution in [1.82, 2.24) is 18.7 Å². The first-order valence-electron chi connectivity index (χ1n) is 5.91. The molecule has 3 heterocycles. The van der Waals surface area contributed by atoms with Gasteiger partial charge in [0.1, 0.15) is 0 Å². The van der Waals surface area contributed by atoms with Crippen molar-refractivity contribution in [2.45, 2.75) is 19.9 Å². The summed E-state index contributed by atoms with van der Waals surface area (Å²) in [7, 11) is 3.06. The molecule has 0 saturated heterocycles. The van der Waals surface area contributed by atoms with E-state index < -0.39 is 5.69 Å². The number of fused-ring (bicyclic) bond motifs is 3. The fraction of sp³-hybridized carbons (Fsp3) is 0.455. The maximum Gasteiger partial charge on any atom is 0.332 e. The molecular formula is C11H14N6O2. The van der Waals surface area contributed by atoms with Crippen LogP contribution < -0.4 is 16.7 Å². The fourth-order valence-electron chi connectivity index (χ4n) is 2.29. The Morgan fingerprint density at radius 3 is 2.58 bits per heavy atom. The van der Waals surface area contributed by atoms with E-state index in [0.29, 0.717) is 17.1 Å². The van der Waals surface area contributed by atoms with Crippen LogP contribution in [0.15, 0.2) is 14.7 Å². The van der Waals surface area contributed by atoms with Crippen LogP contribution in [-0.4, -0.2) is 24.4 Å². The fourth-order valence-corrected chi connectivity index (χ4v) is 2.29. The van der Waals surface area contributed by atoms with E-state index in [-0.39, 0.29) is 11.6 Å². The molecule has 3 rings (SSSR count). The summed E-state index contributed by atoms with van der Waals surface area (Å²) in [4.78, 5) is 28.5. The molecule has 0 amide bonds. The molecule has 100 valence electrons. The Morgan fingerprint density at radius 1 is 1.21 bits per heavy atom. The number of hydrogen-bond donors (Lipinski definition) is 1. The maximum absolute atomic E-state index is 12.3. The second-order valence-corrected chi connectivity index (χ2v) is 4.72. The van der Waals surface area contributed by atoms with E-state index in [9.17, 15) is 9.59 Å². The van der Waals surface area contributed by atoms with E-state index >= 15 is 0 Å². The first-order valence-corrected chi connectivity index (χ1v) is 5.91. The van der Waals surface area contributed by atoms with E-state index in [1.54, 1.807) is 11.6 Å². The van der Waals surface area contributed by atoms with Crippen LogP contribution in [0.3, 0.4) is 0 Å². The highest BCUT2D eigenvalue weighted by Crippen LogP contribution is 2.25. The van der Waals surface area contributed by atoms with Crippen LogP contribution in [0.1, 0.15) is 19.9 Å². The number of aromatic nitrogens is 4. The van der Waals surface area contributed by atoms with Crippen molar-refractivity contribution in [2.24, 2.45) is 19.2 Å². The molecule has 0 bridgehead atoms. The van der Waals surface area contributed by atoms with Crippen molar-refractivity contribution in [3.05, 3.63) is 20.8 Å². The average molecular weight is 262 g/mol. The molecule has 8 heteroatoms. The van der Waals surface area contributed by atoms with Crippen LogP contribution in [0.2, 0.25) is 0 Å². The van der Waals surface area contributed by atoms with Gasteiger partial charge in [0.15, 0.2) is 11.2 Å². The Kier molecular flexibility index (Phi) is 2.19. The Morgan fingerprint density at radius 2 is 1.89 bits per heavy atom. The summed E-state index contributed by atoms with van der Waals surface area (Å²) < 4.78 is 4.23. The molecule has 0 aliphatic carbocycles. The summed E-state index contributed by atoms with van der Waals surface area (Å²) in [5.74, 6) is 0.478. The lowest BCUT2D eigenvalue weighted by molar-refractivity contribution is 0.677. The normalized spacial score (nSPS) is 18.1. The van der Waals surface area contributed by atoms with Gasteiger partial charge in [-0.25, -0.2) is 10.2 Å². The first-order chi connectivity index (χ1) is 8.93. The van der Waals surface area contributed by atoms with Crippen LogP contribution >= 0.6 is 0 Å². The van der Waals surface area contributed by atoms with Crippen LogP contribution in [-0.2, 0) is 14.1 Å². The SMILES string of the molecule is CC1=NNc2nc3c(c(=O)n(C)c(=O)n3C)n2[C@H]1C. The Balaban J connectivity index is 2.53. The second kappa shape index (κ2) is 3.56. The molecule has 0 radical (unpaired) electrons. The minimum atomic E-state index is -0.391. The van der Waals surface area contributed by atoms with E-state index in [2.05, 4.69) is 15.5 Å². The van der Waals surface area contributed by atoms with Crippen molar-refractivity contribution in [3.8, 4) is 0 Å². The van der Waals surface area contributed by atoms with Gasteiger partial charge in [-0.1, -0.05) is 0 Å². The number of aryl methyl sites for hydroxylation is 1. The quantitative estimate of drug-likeness (QED) is 0.712. The molecule has 1 aliphatic rings. The van der Waals surface area contributed by atoms with Gasteiger partial charge >= 0.3 is 5.69 Å². The Hall–Kier alpha value is -2.38. The average Bonchev–Trinajstić information content (AvgIpc) is 2.78. The zero-order chi connectivity index (χ0) is 13.9. The lowest BCUT2D eigenvalue weighted by atomic mass is 10.2. The minimum absolute atomic E-state index is 0.0774. The maximum atomic E-state index is 12.3. The standard InChI is InChI=1S/C11H14N6O2/c1-5-6(2)17-7-8(12-10(17)14-13-5)15(3)11(19)16(4)9(7)18/h6H,1-4H3,(H,12,14)/t6-/m0/s1. The smallest absolute Gasteiger partial charge is 0.294 e. The Labute approximate surface area is 108 Å². The predicted octanol–water partition coefficient (Wildman–Crippen LogP) is -0.204. The first kappa shape index (κ1) is 11.7. The molecule has 1 atom stereocenters. The highest BCUT2D eigenvalue weighted by Gasteiger charge is 2.25. The Bertz CT molecular complexity index is 837. The van der Waals surface area contributed by atoms with Crippen LogP contribution in [0.25, 0.3) is 11.2 Å². The van der Waals surface area contributed by atoms with Gasteiger partial charge in [0.25, 0.3) is 5.56 Å². The molecule has 0 unspecified atom stereocenters. The largest absolute Gasteiger partial charge is 0.332 e. The van der Waals surface area contributed by atoms with E-state index in [0.717, 1.165) is 10.3 Å². The number of rotatable bonds is 0. The third kappa shape index (κ3) is 1.33. The van der Waals surface area contributed by atoms with Gasteiger partial charge in [-0.15, -0.1) is 0 Å². The zero-order valence-electron chi connectivity index (χ0n) is 11.1. The van der Waals surface area contributed by atoms with Crippen LogP contribution in [0.4, 0.5) is 5.95 Å². The van der Waals surface area contributed by atoms with Crippen molar-refractivity contribution >= 4 is 22.8 Å². The summed E-state index contributed by atoms with van der Waals surface area (Å²) in [5, 5.41) is 4.14. The molecule has 0 saturated carbocycles. The molecule has 1 aliphatic heterocycles. The van der Waals surface area contributed by atoms with Gasteiger partial charge in [-0.2, -0.15) is 10.1 Å². The molecule has 1 N–H and O–H groups in total. The summed E-state index contributed by atoms with van der Waals surface area (Å²) in [6.07, 6.45) is 0. The van der Waals surface area contributed by atoms with Gasteiger partial charge in [0.2, 0.25) is 5.95 Å². The number of nitrogens with one attached hydrogen (secondary N) is 1. The minimum Gasteiger partial charge on any atom is -0.294 e. The number of imidazole rings is 1. The molecule has 2 aromatic heterocycles. The summed E-state index contributed by atoms with van der Waals surface area (Å²) in [6, 6.07) is -0.0774. The molecule has 2 aromatic rings. The predicted molar refractivity (Wildman–Crippen MR) is 71.7 cm³/mol. The van der Waals surface area contributed by atoms with E-state index in [4.69, 9.17) is 0 Å². The third-order valence-corrected chi connectivity index (χ3v) is 3.62. The third-order valence-electron chi connectivity index (χ3n) is 3.62. The van der Waals surface area contributed by atoms with Gasteiger partial charge in [-0.05, 0) is 13.8 Å². The highest BCUT2D eigenvalue weighted by atomic mass is 16.2. The van der Waals surface area contributed by atoms with Gasteiger partial charge in [0, 0.05) is 14.1 Å². The lowest BCUT2D eigenvalue weighted by Gasteiger charge is -2.20. The number of anilines is 1. The topological polar surface area (TPSA) is 86.2 Å². The van der Waals surface area contributed by atoms with Crippen molar-refractivity contribution in [2.75, 3.05) is 5.43 Å². The zero-order valence-corrected chi connectivity index (χ0v) is 11.1. The van der Waals surface area contributed by atoms with Gasteiger partial charge in [-0.3, -0.25) is 18.5 Å². The van der Waals surface area contributed by atoms with Crippen molar-refractivity contribution in [1.29, 1.82) is 0 Å². The summed E-state index contributed by atoms with van der Waals surface area (Å²) in [5.41, 5.74) is 3.69. The molecule has 0 spiro atoms. The van der Waals surface area contributed by atoms with Gasteiger partial charge < -0.3 is 0 Å². The lowest BCUT2D eigenvalue weighted by Crippen LogP contribution is -2.38. The van der Waals surface area contributed by atoms with Gasteiger partial charge in [0.05, 0.1) is 11.8 Å². The number of hydrazone groups is 1. The molecular weight excluding hydrogens is 248 g/mol. The van der Waals surface area contributed by atoms with Crippen molar-refractivity contribution in [3.63, 3.8) is 0 Å². The molecule has 19 heavy (non-hydrogen) atoms. The van der Waals surface area contributed by atoms with Crippen LogP contribution in [0.5, 0.6) is 0 Å². The van der Waals surface area contributed by atoms with Crippen LogP contribution in [0, 0.1) is 0 Å². The van der Waals surface area contributed by atoms with E-state index in [1.165, 1.54) is 11.6 Å².